The summed E-state index contributed by atoms with van der Waals surface area (Å²) in [6.07, 6.45) is 0. The molecule has 0 spiro atoms. The number of methoxy groups -OCH3 is 1. The number of carbonyl (C=O) groups excluding carboxylic acids is 1. The van der Waals surface area contributed by atoms with Gasteiger partial charge in [-0.25, -0.2) is 14.2 Å². The van der Waals surface area contributed by atoms with E-state index >= 15 is 0 Å². The van der Waals surface area contributed by atoms with Crippen molar-refractivity contribution < 1.29 is 13.9 Å². The van der Waals surface area contributed by atoms with Crippen molar-refractivity contribution in [3.8, 4) is 0 Å². The van der Waals surface area contributed by atoms with Crippen LogP contribution < -0.4 is 5.32 Å². The number of esters is 1. The molecule has 0 radical (unpaired) electrons. The first kappa shape index (κ1) is 16.9. The minimum Gasteiger partial charge on any atom is -0.465 e. The van der Waals surface area contributed by atoms with Crippen molar-refractivity contribution in [1.29, 1.82) is 0 Å². The number of anilines is 2. The number of fused-ring (bicyclic) bond motifs is 1. The predicted molar refractivity (Wildman–Crippen MR) is 93.2 cm³/mol. The molecule has 3 rings (SSSR count). The lowest BCUT2D eigenvalue weighted by molar-refractivity contribution is 0.0605. The van der Waals surface area contributed by atoms with E-state index in [4.69, 9.17) is 27.9 Å². The molecule has 0 atom stereocenters. The standard InChI is InChI=1S/C15H10Cl2FN3O2S/c1-6-10-12(19-7-3-4-9(18)8(16)5-7)20-15(17)21-13(10)24-11(6)14(22)23-2/h3-5H,1-2H3,(H,19,20,21). The van der Waals surface area contributed by atoms with Crippen molar-refractivity contribution in [3.63, 3.8) is 0 Å². The summed E-state index contributed by atoms with van der Waals surface area (Å²) in [5.74, 6) is -0.577. The van der Waals surface area contributed by atoms with Crippen LogP contribution in [0.1, 0.15) is 15.2 Å². The molecule has 0 saturated carbocycles. The number of rotatable bonds is 3. The Kier molecular flexibility index (Phi) is 4.58. The van der Waals surface area contributed by atoms with E-state index in [0.29, 0.717) is 32.2 Å². The SMILES string of the molecule is COC(=O)c1sc2nc(Cl)nc(Nc3ccc(F)c(Cl)c3)c2c1C. The zero-order valence-corrected chi connectivity index (χ0v) is 14.8. The summed E-state index contributed by atoms with van der Waals surface area (Å²) in [6, 6.07) is 4.19. The number of halogens is 3. The number of aryl methyl sites for hydroxylation is 1. The molecule has 0 aliphatic carbocycles. The summed E-state index contributed by atoms with van der Waals surface area (Å²) < 4.78 is 18.1. The Morgan fingerprint density at radius 1 is 1.33 bits per heavy atom. The van der Waals surface area contributed by atoms with Crippen LogP contribution in [0.3, 0.4) is 0 Å². The van der Waals surface area contributed by atoms with Gasteiger partial charge >= 0.3 is 5.97 Å². The Bertz CT molecular complexity index is 962. The van der Waals surface area contributed by atoms with Gasteiger partial charge in [0.1, 0.15) is 21.3 Å². The molecular formula is C15H10Cl2FN3O2S. The van der Waals surface area contributed by atoms with Gasteiger partial charge in [0, 0.05) is 5.69 Å². The van der Waals surface area contributed by atoms with Crippen molar-refractivity contribution in [2.24, 2.45) is 0 Å². The second-order valence-corrected chi connectivity index (χ2v) is 6.57. The number of ether oxygens (including phenoxy) is 1. The minimum absolute atomic E-state index is 0.0197. The van der Waals surface area contributed by atoms with Crippen LogP contribution in [0.25, 0.3) is 10.2 Å². The molecule has 3 aromatic rings. The molecule has 1 aromatic carbocycles. The Morgan fingerprint density at radius 2 is 2.08 bits per heavy atom. The molecule has 1 N–H and O–H groups in total. The number of aromatic nitrogens is 2. The molecule has 24 heavy (non-hydrogen) atoms. The van der Waals surface area contributed by atoms with E-state index in [-0.39, 0.29) is 10.3 Å². The van der Waals surface area contributed by atoms with E-state index in [1.54, 1.807) is 6.92 Å². The normalized spacial score (nSPS) is 10.9. The van der Waals surface area contributed by atoms with Crippen LogP contribution >= 0.6 is 34.5 Å². The summed E-state index contributed by atoms with van der Waals surface area (Å²) in [5, 5.41) is 3.68. The van der Waals surface area contributed by atoms with Crippen LogP contribution in [0, 0.1) is 12.7 Å². The average Bonchev–Trinajstić information content (AvgIpc) is 2.87. The number of nitrogens with one attached hydrogen (secondary N) is 1. The van der Waals surface area contributed by atoms with Crippen molar-refractivity contribution >= 4 is 62.2 Å². The minimum atomic E-state index is -0.521. The zero-order valence-electron chi connectivity index (χ0n) is 12.5. The van der Waals surface area contributed by atoms with Crippen LogP contribution in [0.2, 0.25) is 10.3 Å². The summed E-state index contributed by atoms with van der Waals surface area (Å²) >= 11 is 12.9. The summed E-state index contributed by atoms with van der Waals surface area (Å²) in [6.45, 7) is 1.77. The fraction of sp³-hybridized carbons (Fsp3) is 0.133. The average molecular weight is 386 g/mol. The molecule has 2 heterocycles. The number of nitrogens with zero attached hydrogens (tertiary/aromatic N) is 2. The Balaban J connectivity index is 2.14. The van der Waals surface area contributed by atoms with Gasteiger partial charge in [0.2, 0.25) is 5.28 Å². The third-order valence-electron chi connectivity index (χ3n) is 3.32. The number of hydrogen-bond acceptors (Lipinski definition) is 6. The highest BCUT2D eigenvalue weighted by atomic mass is 35.5. The molecule has 0 bridgehead atoms. The maximum Gasteiger partial charge on any atom is 0.348 e. The van der Waals surface area contributed by atoms with Crippen LogP contribution in [0.15, 0.2) is 18.2 Å². The molecule has 0 amide bonds. The van der Waals surface area contributed by atoms with E-state index in [0.717, 1.165) is 11.3 Å². The third-order valence-corrected chi connectivity index (χ3v) is 4.94. The zero-order chi connectivity index (χ0) is 17.4. The van der Waals surface area contributed by atoms with Gasteiger partial charge in [0.25, 0.3) is 0 Å². The largest absolute Gasteiger partial charge is 0.465 e. The van der Waals surface area contributed by atoms with Crippen molar-refractivity contribution in [3.05, 3.63) is 44.8 Å². The van der Waals surface area contributed by atoms with Gasteiger partial charge in [-0.2, -0.15) is 4.98 Å². The molecule has 0 fully saturated rings. The monoisotopic (exact) mass is 385 g/mol. The van der Waals surface area contributed by atoms with Crippen LogP contribution in [-0.4, -0.2) is 23.0 Å². The number of benzene rings is 1. The van der Waals surface area contributed by atoms with Crippen LogP contribution in [0.5, 0.6) is 0 Å². The van der Waals surface area contributed by atoms with Crippen LogP contribution in [-0.2, 0) is 4.74 Å². The van der Waals surface area contributed by atoms with Crippen LogP contribution in [0.4, 0.5) is 15.9 Å². The summed E-state index contributed by atoms with van der Waals surface area (Å²) in [5.41, 5.74) is 1.21. The Labute approximate surface area is 150 Å². The molecule has 124 valence electrons. The fourth-order valence-corrected chi connectivity index (χ4v) is 3.70. The molecule has 0 unspecified atom stereocenters. The van der Waals surface area contributed by atoms with E-state index in [9.17, 15) is 9.18 Å². The molecule has 5 nitrogen and oxygen atoms in total. The summed E-state index contributed by atoms with van der Waals surface area (Å²) in [4.78, 5) is 21.1. The number of thiophene rings is 1. The smallest absolute Gasteiger partial charge is 0.348 e. The highest BCUT2D eigenvalue weighted by Gasteiger charge is 2.21. The quantitative estimate of drug-likeness (QED) is 0.508. The second kappa shape index (κ2) is 6.51. The Morgan fingerprint density at radius 3 is 2.75 bits per heavy atom. The van der Waals surface area contributed by atoms with Crippen molar-refractivity contribution in [2.45, 2.75) is 6.92 Å². The van der Waals surface area contributed by atoms with Gasteiger partial charge in [-0.3, -0.25) is 0 Å². The maximum absolute atomic E-state index is 13.3. The van der Waals surface area contributed by atoms with E-state index in [1.807, 2.05) is 0 Å². The second-order valence-electron chi connectivity index (χ2n) is 4.82. The topological polar surface area (TPSA) is 64.1 Å². The lowest BCUT2D eigenvalue weighted by atomic mass is 10.2. The van der Waals surface area contributed by atoms with Gasteiger partial charge in [-0.1, -0.05) is 11.6 Å². The lowest BCUT2D eigenvalue weighted by Crippen LogP contribution is -2.00. The molecule has 0 aliphatic heterocycles. The first-order valence-electron chi connectivity index (χ1n) is 6.67. The predicted octanol–water partition coefficient (Wildman–Crippen LogP) is 4.98. The van der Waals surface area contributed by atoms with Gasteiger partial charge < -0.3 is 10.1 Å². The van der Waals surface area contributed by atoms with Gasteiger partial charge in [-0.15, -0.1) is 11.3 Å². The van der Waals surface area contributed by atoms with Crippen molar-refractivity contribution in [2.75, 3.05) is 12.4 Å². The fourth-order valence-electron chi connectivity index (χ4n) is 2.20. The molecular weight excluding hydrogens is 376 g/mol. The molecule has 9 heteroatoms. The number of hydrogen-bond donors (Lipinski definition) is 1. The van der Waals surface area contributed by atoms with E-state index in [1.165, 1.54) is 25.3 Å². The first-order chi connectivity index (χ1) is 11.4. The third kappa shape index (κ3) is 3.02. The molecule has 0 saturated heterocycles. The van der Waals surface area contributed by atoms with Gasteiger partial charge in [0.05, 0.1) is 17.5 Å². The first-order valence-corrected chi connectivity index (χ1v) is 8.25. The number of carbonyl (C=O) groups is 1. The van der Waals surface area contributed by atoms with E-state index in [2.05, 4.69) is 15.3 Å². The molecule has 2 aromatic heterocycles. The van der Waals surface area contributed by atoms with Gasteiger partial charge in [0.15, 0.2) is 0 Å². The van der Waals surface area contributed by atoms with Gasteiger partial charge in [-0.05, 0) is 42.3 Å². The lowest BCUT2D eigenvalue weighted by Gasteiger charge is -2.08. The summed E-state index contributed by atoms with van der Waals surface area (Å²) in [7, 11) is 1.31. The van der Waals surface area contributed by atoms with E-state index < -0.39 is 11.8 Å². The maximum atomic E-state index is 13.3. The molecule has 0 aliphatic rings. The van der Waals surface area contributed by atoms with Crippen molar-refractivity contribution in [1.82, 2.24) is 9.97 Å². The Hall–Kier alpha value is -1.96. The highest BCUT2D eigenvalue weighted by Crippen LogP contribution is 2.36. The highest BCUT2D eigenvalue weighted by molar-refractivity contribution is 7.20.